The van der Waals surface area contributed by atoms with Gasteiger partial charge >= 0.3 is 6.36 Å². The summed E-state index contributed by atoms with van der Waals surface area (Å²) in [6.45, 7) is 0.402. The fourth-order valence-corrected chi connectivity index (χ4v) is 4.66. The van der Waals surface area contributed by atoms with Crippen LogP contribution in [0.3, 0.4) is 0 Å². The van der Waals surface area contributed by atoms with E-state index in [2.05, 4.69) is 10.1 Å². The summed E-state index contributed by atoms with van der Waals surface area (Å²) >= 11 is 1.36. The number of carbonyl (C=O) groups is 2. The largest absolute Gasteiger partial charge is 0.573 e. The molecule has 2 bridgehead atoms. The van der Waals surface area contributed by atoms with Gasteiger partial charge < -0.3 is 15.0 Å². The molecule has 2 heterocycles. The fraction of sp³-hybridized carbons (Fsp3) is 0.368. The third-order valence-corrected chi connectivity index (χ3v) is 6.08. The first kappa shape index (κ1) is 18.8. The highest BCUT2D eigenvalue weighted by atomic mass is 32.1. The highest BCUT2D eigenvalue weighted by Crippen LogP contribution is 2.40. The minimum atomic E-state index is -4.86. The normalized spacial score (nSPS) is 23.7. The maximum absolute atomic E-state index is 12.9. The minimum absolute atomic E-state index is 0.0367. The Balaban J connectivity index is 1.43. The number of hydrogen-bond acceptors (Lipinski definition) is 4. The first-order chi connectivity index (χ1) is 13.3. The molecule has 1 aliphatic heterocycles. The van der Waals surface area contributed by atoms with Crippen LogP contribution >= 0.6 is 11.3 Å². The first-order valence-electron chi connectivity index (χ1n) is 8.82. The molecule has 1 aliphatic carbocycles. The summed E-state index contributed by atoms with van der Waals surface area (Å²) in [4.78, 5) is 27.3. The summed E-state index contributed by atoms with van der Waals surface area (Å²) in [7, 11) is 0. The van der Waals surface area contributed by atoms with E-state index in [1.807, 2.05) is 5.38 Å². The van der Waals surface area contributed by atoms with Gasteiger partial charge in [0.2, 0.25) is 0 Å². The van der Waals surface area contributed by atoms with Crippen molar-refractivity contribution in [2.75, 3.05) is 6.54 Å². The number of thiophene rings is 1. The number of ether oxygens (including phenoxy) is 1. The molecule has 1 aromatic heterocycles. The van der Waals surface area contributed by atoms with Gasteiger partial charge in [0.15, 0.2) is 0 Å². The molecule has 9 heteroatoms. The number of benzene rings is 1. The third-order valence-electron chi connectivity index (χ3n) is 5.21. The number of rotatable bonds is 4. The standard InChI is InChI=1S/C19H17F3N2O3S/c20-19(21,22)27-15-5-2-1-4-13(15)18(26)24-10-11-8-12(24)9-14(11)23-17(25)16-6-3-7-28-16/h1-7,11-12,14H,8-10H2,(H,23,25)/t11-,12-,14-/m0/s1. The molecule has 1 saturated heterocycles. The molecule has 148 valence electrons. The fourth-order valence-electron chi connectivity index (χ4n) is 4.04. The Kier molecular flexibility index (Phi) is 4.78. The minimum Gasteiger partial charge on any atom is -0.405 e. The molecule has 2 fully saturated rings. The van der Waals surface area contributed by atoms with Gasteiger partial charge in [-0.05, 0) is 42.3 Å². The monoisotopic (exact) mass is 410 g/mol. The quantitative estimate of drug-likeness (QED) is 0.837. The van der Waals surface area contributed by atoms with Crippen molar-refractivity contribution in [3.63, 3.8) is 0 Å². The van der Waals surface area contributed by atoms with E-state index < -0.39 is 18.0 Å². The molecule has 4 rings (SSSR count). The molecule has 5 nitrogen and oxygen atoms in total. The maximum Gasteiger partial charge on any atom is 0.573 e. The Morgan fingerprint density at radius 3 is 2.57 bits per heavy atom. The number of likely N-dealkylation sites (tertiary alicyclic amines) is 1. The second kappa shape index (κ2) is 7.12. The molecule has 28 heavy (non-hydrogen) atoms. The van der Waals surface area contributed by atoms with E-state index in [1.54, 1.807) is 17.0 Å². The van der Waals surface area contributed by atoms with Gasteiger partial charge in [0.25, 0.3) is 11.8 Å². The van der Waals surface area contributed by atoms with E-state index in [-0.39, 0.29) is 29.5 Å². The lowest BCUT2D eigenvalue weighted by Gasteiger charge is -2.32. The van der Waals surface area contributed by atoms with Crippen molar-refractivity contribution in [2.45, 2.75) is 31.3 Å². The summed E-state index contributed by atoms with van der Waals surface area (Å²) in [5, 5.41) is 4.84. The molecule has 3 atom stereocenters. The molecule has 0 radical (unpaired) electrons. The van der Waals surface area contributed by atoms with Crippen molar-refractivity contribution in [1.82, 2.24) is 10.2 Å². The van der Waals surface area contributed by atoms with Crippen LogP contribution in [0.2, 0.25) is 0 Å². The Morgan fingerprint density at radius 1 is 1.14 bits per heavy atom. The number of piperidine rings is 1. The zero-order valence-electron chi connectivity index (χ0n) is 14.6. The van der Waals surface area contributed by atoms with E-state index in [0.717, 1.165) is 12.5 Å². The predicted molar refractivity (Wildman–Crippen MR) is 96.2 cm³/mol. The molecule has 0 spiro atoms. The van der Waals surface area contributed by atoms with Crippen molar-refractivity contribution in [3.8, 4) is 5.75 Å². The topological polar surface area (TPSA) is 58.6 Å². The number of hydrogen-bond donors (Lipinski definition) is 1. The molecule has 2 aliphatic rings. The number of halogens is 3. The molecule has 0 unspecified atom stereocenters. The van der Waals surface area contributed by atoms with Gasteiger partial charge in [-0.15, -0.1) is 24.5 Å². The van der Waals surface area contributed by atoms with Crippen LogP contribution in [0, 0.1) is 5.92 Å². The number of fused-ring (bicyclic) bond motifs is 2. The molecular weight excluding hydrogens is 393 g/mol. The Morgan fingerprint density at radius 2 is 1.93 bits per heavy atom. The Bertz CT molecular complexity index is 885. The predicted octanol–water partition coefficient (Wildman–Crippen LogP) is 3.68. The van der Waals surface area contributed by atoms with Gasteiger partial charge in [0, 0.05) is 18.6 Å². The third kappa shape index (κ3) is 3.71. The van der Waals surface area contributed by atoms with Crippen LogP contribution in [-0.4, -0.2) is 41.7 Å². The highest BCUT2D eigenvalue weighted by molar-refractivity contribution is 7.12. The van der Waals surface area contributed by atoms with E-state index in [1.165, 1.54) is 29.5 Å². The smallest absolute Gasteiger partial charge is 0.405 e. The summed E-state index contributed by atoms with van der Waals surface area (Å²) in [5.41, 5.74) is -0.105. The van der Waals surface area contributed by atoms with Gasteiger partial charge in [0.1, 0.15) is 5.75 Å². The number of carbonyl (C=O) groups excluding carboxylic acids is 2. The average Bonchev–Trinajstić information content (AvgIpc) is 3.37. The Hall–Kier alpha value is -2.55. The van der Waals surface area contributed by atoms with E-state index in [4.69, 9.17) is 0 Å². The van der Waals surface area contributed by atoms with Gasteiger partial charge in [-0.25, -0.2) is 0 Å². The summed E-state index contributed by atoms with van der Waals surface area (Å²) in [6, 6.07) is 8.79. The van der Waals surface area contributed by atoms with Crippen molar-refractivity contribution < 1.29 is 27.5 Å². The lowest BCUT2D eigenvalue weighted by atomic mass is 10.0. The zero-order valence-corrected chi connectivity index (χ0v) is 15.4. The van der Waals surface area contributed by atoms with Crippen molar-refractivity contribution >= 4 is 23.2 Å². The van der Waals surface area contributed by atoms with Gasteiger partial charge in [-0.1, -0.05) is 18.2 Å². The van der Waals surface area contributed by atoms with E-state index >= 15 is 0 Å². The number of alkyl halides is 3. The molecule has 1 N–H and O–H groups in total. The van der Waals surface area contributed by atoms with Crippen molar-refractivity contribution in [1.29, 1.82) is 0 Å². The van der Waals surface area contributed by atoms with E-state index in [0.29, 0.717) is 17.8 Å². The van der Waals surface area contributed by atoms with Crippen LogP contribution in [0.15, 0.2) is 41.8 Å². The zero-order chi connectivity index (χ0) is 19.9. The van der Waals surface area contributed by atoms with Crippen LogP contribution in [0.1, 0.15) is 32.9 Å². The second-order valence-electron chi connectivity index (χ2n) is 6.94. The molecule has 1 aromatic carbocycles. The molecular formula is C19H17F3N2O3S. The van der Waals surface area contributed by atoms with Crippen LogP contribution in [0.4, 0.5) is 13.2 Å². The summed E-state index contributed by atoms with van der Waals surface area (Å²) < 4.78 is 41.8. The summed E-state index contributed by atoms with van der Waals surface area (Å²) in [5.74, 6) is -1.01. The molecule has 1 saturated carbocycles. The molecule has 2 aromatic rings. The lowest BCUT2D eigenvalue weighted by molar-refractivity contribution is -0.274. The summed E-state index contributed by atoms with van der Waals surface area (Å²) in [6.07, 6.45) is -3.54. The first-order valence-corrected chi connectivity index (χ1v) is 9.70. The van der Waals surface area contributed by atoms with Crippen LogP contribution in [0.25, 0.3) is 0 Å². The lowest BCUT2D eigenvalue weighted by Crippen LogP contribution is -2.47. The van der Waals surface area contributed by atoms with Crippen molar-refractivity contribution in [3.05, 3.63) is 52.2 Å². The molecule has 2 amide bonds. The number of nitrogens with one attached hydrogen (secondary N) is 1. The SMILES string of the molecule is O=C(N[C@H]1C[C@@H]2C[C@H]1CN2C(=O)c1ccccc1OC(F)(F)F)c1cccs1. The van der Waals surface area contributed by atoms with Crippen molar-refractivity contribution in [2.24, 2.45) is 5.92 Å². The van der Waals surface area contributed by atoms with E-state index in [9.17, 15) is 22.8 Å². The highest BCUT2D eigenvalue weighted by Gasteiger charge is 2.47. The van der Waals surface area contributed by atoms with Crippen LogP contribution in [-0.2, 0) is 0 Å². The van der Waals surface area contributed by atoms with Gasteiger partial charge in [0.05, 0.1) is 10.4 Å². The number of para-hydroxylation sites is 1. The van der Waals surface area contributed by atoms with Crippen LogP contribution < -0.4 is 10.1 Å². The maximum atomic E-state index is 12.9. The number of amides is 2. The Labute approximate surface area is 163 Å². The van der Waals surface area contributed by atoms with Crippen LogP contribution in [0.5, 0.6) is 5.75 Å². The van der Waals surface area contributed by atoms with Gasteiger partial charge in [-0.2, -0.15) is 0 Å². The number of nitrogens with zero attached hydrogens (tertiary/aromatic N) is 1. The average molecular weight is 410 g/mol. The second-order valence-corrected chi connectivity index (χ2v) is 7.89. The van der Waals surface area contributed by atoms with Gasteiger partial charge in [-0.3, -0.25) is 9.59 Å².